The van der Waals surface area contributed by atoms with Crippen molar-refractivity contribution in [1.29, 1.82) is 0 Å². The minimum absolute atomic E-state index is 0.0288. The number of hydrogen-bond donors (Lipinski definition) is 0. The molecule has 0 saturated heterocycles. The molecule has 0 aromatic heterocycles. The Kier molecular flexibility index (Phi) is 20.0. The van der Waals surface area contributed by atoms with Crippen molar-refractivity contribution in [2.24, 2.45) is 0 Å². The third kappa shape index (κ3) is 14.3. The van der Waals surface area contributed by atoms with Crippen molar-refractivity contribution in [1.82, 2.24) is 0 Å². The number of ether oxygens (including phenoxy) is 7. The number of methoxy groups -OCH3 is 3. The van der Waals surface area contributed by atoms with Crippen molar-refractivity contribution >= 4 is 24.7 Å². The van der Waals surface area contributed by atoms with E-state index in [0.29, 0.717) is 32.8 Å². The average molecular weight is 675 g/mol. The highest BCUT2D eigenvalue weighted by Gasteiger charge is 2.50. The SMILES string of the molecule is COCCOCO[C@@H](CCCCC[C@@H](C)O[Si](c1ccccc1)(c1ccccc1)C(C)(C)C)[C@@H](/C=C/C(=O)OC)OCOCCOC. The maximum absolute atomic E-state index is 11.9. The fraction of sp³-hybridized carbons (Fsp3) is 0.595. The summed E-state index contributed by atoms with van der Waals surface area (Å²) in [6.07, 6.45) is 6.69. The molecular formula is C37H58O9Si. The Bertz CT molecular complexity index is 1070. The summed E-state index contributed by atoms with van der Waals surface area (Å²) in [5.41, 5.74) is 0. The van der Waals surface area contributed by atoms with E-state index in [-0.39, 0.29) is 30.8 Å². The van der Waals surface area contributed by atoms with Crippen LogP contribution in [0.1, 0.15) is 59.8 Å². The van der Waals surface area contributed by atoms with Crippen LogP contribution in [0.15, 0.2) is 72.8 Å². The number of benzene rings is 2. The zero-order chi connectivity index (χ0) is 34.4. The summed E-state index contributed by atoms with van der Waals surface area (Å²) in [4.78, 5) is 11.9. The van der Waals surface area contributed by atoms with Crippen LogP contribution in [0, 0.1) is 0 Å². The van der Waals surface area contributed by atoms with E-state index in [0.717, 1.165) is 25.7 Å². The summed E-state index contributed by atoms with van der Waals surface area (Å²) < 4.78 is 45.4. The quantitative estimate of drug-likeness (QED) is 0.0436. The second kappa shape index (κ2) is 23.0. The molecule has 9 nitrogen and oxygen atoms in total. The molecule has 0 aliphatic rings. The van der Waals surface area contributed by atoms with Crippen LogP contribution in [-0.2, 0) is 42.4 Å². The van der Waals surface area contributed by atoms with E-state index in [1.165, 1.54) is 23.6 Å². The van der Waals surface area contributed by atoms with Crippen LogP contribution in [0.5, 0.6) is 0 Å². The molecule has 10 heteroatoms. The van der Waals surface area contributed by atoms with Gasteiger partial charge in [0, 0.05) is 26.4 Å². The second-order valence-corrected chi connectivity index (χ2v) is 16.7. The highest BCUT2D eigenvalue weighted by atomic mass is 28.4. The Morgan fingerprint density at radius 1 is 0.745 bits per heavy atom. The Labute approximate surface area is 283 Å². The molecule has 0 N–H and O–H groups in total. The van der Waals surface area contributed by atoms with Crippen LogP contribution in [0.3, 0.4) is 0 Å². The summed E-state index contributed by atoms with van der Waals surface area (Å²) in [5.74, 6) is -0.469. The number of esters is 1. The molecular weight excluding hydrogens is 616 g/mol. The Morgan fingerprint density at radius 2 is 1.28 bits per heavy atom. The second-order valence-electron chi connectivity index (χ2n) is 12.5. The van der Waals surface area contributed by atoms with Crippen LogP contribution in [0.2, 0.25) is 5.04 Å². The van der Waals surface area contributed by atoms with Crippen molar-refractivity contribution in [3.8, 4) is 0 Å². The van der Waals surface area contributed by atoms with Gasteiger partial charge in [0.05, 0.1) is 39.6 Å². The molecule has 2 rings (SSSR count). The number of carbonyl (C=O) groups is 1. The monoisotopic (exact) mass is 674 g/mol. The molecule has 0 spiro atoms. The van der Waals surface area contributed by atoms with E-state index in [2.05, 4.69) is 88.4 Å². The summed E-state index contributed by atoms with van der Waals surface area (Å²) in [6.45, 7) is 11.0. The lowest BCUT2D eigenvalue weighted by atomic mass is 10.0. The van der Waals surface area contributed by atoms with Gasteiger partial charge in [-0.3, -0.25) is 0 Å². The lowest BCUT2D eigenvalue weighted by molar-refractivity contribution is -0.161. The lowest BCUT2D eigenvalue weighted by Gasteiger charge is -2.44. The molecule has 0 aliphatic heterocycles. The highest BCUT2D eigenvalue weighted by Crippen LogP contribution is 2.38. The van der Waals surface area contributed by atoms with Gasteiger partial charge in [0.1, 0.15) is 19.7 Å². The summed E-state index contributed by atoms with van der Waals surface area (Å²) >= 11 is 0. The van der Waals surface area contributed by atoms with Crippen LogP contribution in [0.4, 0.5) is 0 Å². The molecule has 2 aromatic rings. The van der Waals surface area contributed by atoms with Crippen molar-refractivity contribution < 1.29 is 42.4 Å². The van der Waals surface area contributed by atoms with Crippen molar-refractivity contribution in [3.05, 3.63) is 72.8 Å². The van der Waals surface area contributed by atoms with Gasteiger partial charge in [-0.25, -0.2) is 4.79 Å². The lowest BCUT2D eigenvalue weighted by Crippen LogP contribution is -2.67. The molecule has 0 radical (unpaired) electrons. The van der Waals surface area contributed by atoms with Gasteiger partial charge >= 0.3 is 5.97 Å². The van der Waals surface area contributed by atoms with Crippen molar-refractivity contribution in [2.75, 3.05) is 61.3 Å². The smallest absolute Gasteiger partial charge is 0.330 e. The Balaban J connectivity index is 2.08. The molecule has 2 aromatic carbocycles. The van der Waals surface area contributed by atoms with E-state index in [9.17, 15) is 4.79 Å². The predicted octanol–water partition coefficient (Wildman–Crippen LogP) is 5.64. The van der Waals surface area contributed by atoms with Crippen LogP contribution < -0.4 is 10.4 Å². The van der Waals surface area contributed by atoms with Crippen molar-refractivity contribution in [3.63, 3.8) is 0 Å². The molecule has 3 atom stereocenters. The zero-order valence-corrected chi connectivity index (χ0v) is 30.6. The van der Waals surface area contributed by atoms with E-state index in [4.69, 9.17) is 37.6 Å². The van der Waals surface area contributed by atoms with Gasteiger partial charge in [-0.05, 0) is 41.3 Å². The molecule has 47 heavy (non-hydrogen) atoms. The fourth-order valence-electron chi connectivity index (χ4n) is 5.54. The Morgan fingerprint density at radius 3 is 1.79 bits per heavy atom. The van der Waals surface area contributed by atoms with E-state index in [1.807, 2.05) is 0 Å². The molecule has 0 aliphatic carbocycles. The predicted molar refractivity (Wildman–Crippen MR) is 188 cm³/mol. The van der Waals surface area contributed by atoms with E-state index < -0.39 is 20.4 Å². The van der Waals surface area contributed by atoms with Crippen molar-refractivity contribution in [2.45, 2.75) is 83.1 Å². The van der Waals surface area contributed by atoms with Gasteiger partial charge in [-0.1, -0.05) is 101 Å². The standard InChI is InChI=1S/C37H58O9Si/c1-31(46-47(37(2,3)4,32-18-12-9-13-19-32)33-20-14-10-15-21-33)17-11-8-16-22-34(44-29-42-27-25-39-5)35(23-24-36(38)41-7)45-30-43-28-26-40-6/h9-10,12-15,18-21,23-24,31,34-35H,8,11,16-17,22,25-30H2,1-7H3/b24-23+/t31-,34+,35-/m1/s1. The van der Waals surface area contributed by atoms with Gasteiger partial charge in [0.2, 0.25) is 0 Å². The average Bonchev–Trinajstić information content (AvgIpc) is 3.07. The van der Waals surface area contributed by atoms with Gasteiger partial charge in [0.15, 0.2) is 0 Å². The first-order valence-electron chi connectivity index (χ1n) is 16.6. The largest absolute Gasteiger partial charge is 0.466 e. The number of hydrogen-bond acceptors (Lipinski definition) is 9. The molecule has 0 heterocycles. The topological polar surface area (TPSA) is 90.9 Å². The van der Waals surface area contributed by atoms with Gasteiger partial charge in [-0.2, -0.15) is 0 Å². The number of rotatable bonds is 25. The maximum atomic E-state index is 11.9. The van der Waals surface area contributed by atoms with E-state index >= 15 is 0 Å². The van der Waals surface area contributed by atoms with Crippen LogP contribution in [-0.4, -0.2) is 93.9 Å². The summed E-state index contributed by atoms with van der Waals surface area (Å²) in [6, 6.07) is 21.5. The normalized spacial score (nSPS) is 14.3. The minimum Gasteiger partial charge on any atom is -0.466 e. The maximum Gasteiger partial charge on any atom is 0.330 e. The third-order valence-electron chi connectivity index (χ3n) is 7.96. The van der Waals surface area contributed by atoms with Gasteiger partial charge in [-0.15, -0.1) is 0 Å². The fourth-order valence-corrected chi connectivity index (χ4v) is 10.3. The van der Waals surface area contributed by atoms with Crippen LogP contribution >= 0.6 is 0 Å². The third-order valence-corrected chi connectivity index (χ3v) is 13.1. The molecule has 0 fully saturated rings. The number of unbranched alkanes of at least 4 members (excludes halogenated alkanes) is 2. The Hall–Kier alpha value is -2.41. The first-order chi connectivity index (χ1) is 22.7. The van der Waals surface area contributed by atoms with E-state index in [1.54, 1.807) is 20.3 Å². The first kappa shape index (κ1) is 40.8. The summed E-state index contributed by atoms with van der Waals surface area (Å²) in [5, 5.41) is 2.51. The highest BCUT2D eigenvalue weighted by molar-refractivity contribution is 6.99. The minimum atomic E-state index is -2.61. The zero-order valence-electron chi connectivity index (χ0n) is 29.6. The summed E-state index contributed by atoms with van der Waals surface area (Å²) in [7, 11) is 1.97. The molecule has 0 saturated carbocycles. The number of carbonyl (C=O) groups excluding carboxylic acids is 1. The van der Waals surface area contributed by atoms with Gasteiger partial charge < -0.3 is 37.6 Å². The van der Waals surface area contributed by atoms with Crippen LogP contribution in [0.25, 0.3) is 0 Å². The molecule has 0 amide bonds. The molecule has 0 bridgehead atoms. The molecule has 264 valence electrons. The van der Waals surface area contributed by atoms with Gasteiger partial charge in [0.25, 0.3) is 8.32 Å². The first-order valence-corrected chi connectivity index (χ1v) is 18.5. The molecule has 0 unspecified atom stereocenters.